The van der Waals surface area contributed by atoms with Crippen molar-refractivity contribution in [1.82, 2.24) is 10.2 Å². The first-order valence-electron chi connectivity index (χ1n) is 14.8. The Labute approximate surface area is 269 Å². The summed E-state index contributed by atoms with van der Waals surface area (Å²) >= 11 is 6.08. The van der Waals surface area contributed by atoms with Gasteiger partial charge in [-0.3, -0.25) is 13.9 Å². The summed E-state index contributed by atoms with van der Waals surface area (Å²) in [5.41, 5.74) is 2.59. The van der Waals surface area contributed by atoms with Crippen LogP contribution in [0, 0.1) is 12.7 Å². The Morgan fingerprint density at radius 2 is 1.56 bits per heavy atom. The molecule has 0 radical (unpaired) electrons. The summed E-state index contributed by atoms with van der Waals surface area (Å²) in [7, 11) is -4.31. The van der Waals surface area contributed by atoms with E-state index < -0.39 is 34.3 Å². The van der Waals surface area contributed by atoms with Crippen molar-refractivity contribution >= 4 is 39.1 Å². The number of halogens is 2. The summed E-state index contributed by atoms with van der Waals surface area (Å²) in [6, 6.07) is 27.1. The van der Waals surface area contributed by atoms with Gasteiger partial charge in [0, 0.05) is 19.5 Å². The van der Waals surface area contributed by atoms with Crippen LogP contribution in [0.5, 0.6) is 0 Å². The maximum Gasteiger partial charge on any atom is 0.264 e. The second kappa shape index (κ2) is 15.7. The third kappa shape index (κ3) is 8.71. The second-order valence-corrected chi connectivity index (χ2v) is 13.0. The number of nitrogens with one attached hydrogen (secondary N) is 1. The zero-order chi connectivity index (χ0) is 32.4. The molecule has 4 aromatic rings. The fraction of sp³-hybridized carbons (Fsp3) is 0.257. The number of aryl methyl sites for hydroxylation is 1. The van der Waals surface area contributed by atoms with E-state index in [2.05, 4.69) is 5.32 Å². The summed E-state index contributed by atoms with van der Waals surface area (Å²) in [5, 5.41) is 2.68. The number of rotatable bonds is 14. The van der Waals surface area contributed by atoms with Gasteiger partial charge in [-0.1, -0.05) is 97.7 Å². The molecule has 10 heteroatoms. The average Bonchev–Trinajstić information content (AvgIpc) is 3.04. The lowest BCUT2D eigenvalue weighted by molar-refractivity contribution is -0.140. The highest BCUT2D eigenvalue weighted by Gasteiger charge is 2.35. The molecule has 0 aliphatic heterocycles. The fourth-order valence-corrected chi connectivity index (χ4v) is 6.52. The zero-order valence-corrected chi connectivity index (χ0v) is 26.9. The van der Waals surface area contributed by atoms with Crippen LogP contribution in [0.15, 0.2) is 108 Å². The quantitative estimate of drug-likeness (QED) is 0.157. The van der Waals surface area contributed by atoms with Crippen molar-refractivity contribution in [3.63, 3.8) is 0 Å². The predicted molar refractivity (Wildman–Crippen MR) is 176 cm³/mol. The highest BCUT2D eigenvalue weighted by atomic mass is 35.5. The number of hydrogen-bond acceptors (Lipinski definition) is 4. The third-order valence-electron chi connectivity index (χ3n) is 7.50. The van der Waals surface area contributed by atoms with E-state index in [1.54, 1.807) is 18.2 Å². The summed E-state index contributed by atoms with van der Waals surface area (Å²) in [4.78, 5) is 29.7. The zero-order valence-electron chi connectivity index (χ0n) is 25.3. The number of benzene rings is 4. The van der Waals surface area contributed by atoms with Crippen LogP contribution in [0.25, 0.3) is 0 Å². The van der Waals surface area contributed by atoms with E-state index in [4.69, 9.17) is 11.6 Å². The predicted octanol–water partition coefficient (Wildman–Crippen LogP) is 6.54. The first-order chi connectivity index (χ1) is 21.6. The Hall–Kier alpha value is -4.21. The monoisotopic (exact) mass is 649 g/mol. The first kappa shape index (κ1) is 33.7. The highest BCUT2D eigenvalue weighted by Crippen LogP contribution is 2.28. The van der Waals surface area contributed by atoms with Gasteiger partial charge in [0.2, 0.25) is 11.8 Å². The molecule has 0 aliphatic carbocycles. The van der Waals surface area contributed by atoms with Gasteiger partial charge >= 0.3 is 0 Å². The van der Waals surface area contributed by atoms with Gasteiger partial charge in [-0.05, 0) is 60.4 Å². The molecule has 0 unspecified atom stereocenters. The molecule has 4 rings (SSSR count). The Morgan fingerprint density at radius 1 is 0.911 bits per heavy atom. The smallest absolute Gasteiger partial charge is 0.264 e. The molecule has 236 valence electrons. The van der Waals surface area contributed by atoms with Gasteiger partial charge in [0.15, 0.2) is 0 Å². The van der Waals surface area contributed by atoms with Crippen molar-refractivity contribution in [1.29, 1.82) is 0 Å². The lowest BCUT2D eigenvalue weighted by Gasteiger charge is -2.34. The minimum Gasteiger partial charge on any atom is -0.354 e. The van der Waals surface area contributed by atoms with Crippen LogP contribution in [-0.2, 0) is 32.6 Å². The van der Waals surface area contributed by atoms with E-state index in [0.29, 0.717) is 6.54 Å². The van der Waals surface area contributed by atoms with Crippen LogP contribution < -0.4 is 9.62 Å². The summed E-state index contributed by atoms with van der Waals surface area (Å²) in [5.74, 6) is -1.67. The minimum atomic E-state index is -4.31. The van der Waals surface area contributed by atoms with Crippen LogP contribution in [-0.4, -0.2) is 44.3 Å². The highest BCUT2D eigenvalue weighted by molar-refractivity contribution is 7.92. The molecule has 2 amide bonds. The van der Waals surface area contributed by atoms with Crippen molar-refractivity contribution in [2.45, 2.75) is 50.6 Å². The van der Waals surface area contributed by atoms with E-state index in [0.717, 1.165) is 39.9 Å². The van der Waals surface area contributed by atoms with Gasteiger partial charge in [0.25, 0.3) is 10.0 Å². The third-order valence-corrected chi connectivity index (χ3v) is 9.58. The number of anilines is 1. The van der Waals surface area contributed by atoms with E-state index in [-0.39, 0.29) is 34.5 Å². The topological polar surface area (TPSA) is 86.8 Å². The largest absolute Gasteiger partial charge is 0.354 e. The number of carbonyl (C=O) groups excluding carboxylic acids is 2. The maximum atomic E-state index is 14.5. The van der Waals surface area contributed by atoms with Crippen molar-refractivity contribution in [3.8, 4) is 0 Å². The average molecular weight is 650 g/mol. The number of nitrogens with zero attached hydrogens (tertiary/aromatic N) is 2. The minimum absolute atomic E-state index is 0.0152. The Morgan fingerprint density at radius 3 is 2.20 bits per heavy atom. The molecule has 1 atom stereocenters. The summed E-state index contributed by atoms with van der Waals surface area (Å²) in [6.45, 7) is 3.78. The molecule has 1 N–H and O–H groups in total. The van der Waals surface area contributed by atoms with Crippen molar-refractivity contribution in [2.24, 2.45) is 0 Å². The van der Waals surface area contributed by atoms with E-state index in [1.165, 1.54) is 29.2 Å². The van der Waals surface area contributed by atoms with Crippen LogP contribution >= 0.6 is 11.6 Å². The van der Waals surface area contributed by atoms with Crippen LogP contribution in [0.3, 0.4) is 0 Å². The molecule has 0 aliphatic rings. The number of hydrogen-bond donors (Lipinski definition) is 1. The summed E-state index contributed by atoms with van der Waals surface area (Å²) < 4.78 is 43.1. The van der Waals surface area contributed by atoms with E-state index >= 15 is 0 Å². The SMILES string of the molecule is CCCCNC(=O)[C@@H](Cc1ccccc1)N(Cc1ccccc1C)C(=O)CN(c1ccc(F)c(Cl)c1)S(=O)(=O)c1ccccc1. The van der Waals surface area contributed by atoms with Crippen molar-refractivity contribution in [3.05, 3.63) is 131 Å². The molecule has 0 bridgehead atoms. The second-order valence-electron chi connectivity index (χ2n) is 10.7. The maximum absolute atomic E-state index is 14.5. The molecule has 45 heavy (non-hydrogen) atoms. The molecule has 4 aromatic carbocycles. The summed E-state index contributed by atoms with van der Waals surface area (Å²) in [6.07, 6.45) is 1.86. The van der Waals surface area contributed by atoms with E-state index in [1.807, 2.05) is 68.4 Å². The van der Waals surface area contributed by atoms with Gasteiger partial charge < -0.3 is 10.2 Å². The number of carbonyl (C=O) groups is 2. The Bertz CT molecular complexity index is 1700. The van der Waals surface area contributed by atoms with Gasteiger partial charge in [-0.25, -0.2) is 12.8 Å². The lowest BCUT2D eigenvalue weighted by atomic mass is 10.0. The van der Waals surface area contributed by atoms with Gasteiger partial charge in [0.1, 0.15) is 18.4 Å². The van der Waals surface area contributed by atoms with E-state index in [9.17, 15) is 22.4 Å². The fourth-order valence-electron chi connectivity index (χ4n) is 4.92. The van der Waals surface area contributed by atoms with Gasteiger partial charge in [-0.2, -0.15) is 0 Å². The Kier molecular flexibility index (Phi) is 11.7. The molecule has 0 fully saturated rings. The molecule has 0 heterocycles. The number of amides is 2. The normalized spacial score (nSPS) is 11.9. The molecule has 0 saturated heterocycles. The number of unbranched alkanes of at least 4 members (excludes halogenated alkanes) is 1. The van der Waals surface area contributed by atoms with Gasteiger partial charge in [0.05, 0.1) is 15.6 Å². The van der Waals surface area contributed by atoms with Crippen LogP contribution in [0.1, 0.15) is 36.5 Å². The van der Waals surface area contributed by atoms with Crippen molar-refractivity contribution < 1.29 is 22.4 Å². The van der Waals surface area contributed by atoms with Gasteiger partial charge in [-0.15, -0.1) is 0 Å². The first-order valence-corrected chi connectivity index (χ1v) is 16.6. The van der Waals surface area contributed by atoms with Crippen LogP contribution in [0.4, 0.5) is 10.1 Å². The molecule has 7 nitrogen and oxygen atoms in total. The lowest BCUT2D eigenvalue weighted by Crippen LogP contribution is -2.53. The molecular formula is C35H37ClFN3O4S. The molecule has 0 aromatic heterocycles. The van der Waals surface area contributed by atoms with Crippen molar-refractivity contribution in [2.75, 3.05) is 17.4 Å². The number of sulfonamides is 1. The molecule has 0 saturated carbocycles. The Balaban J connectivity index is 1.81. The molecular weight excluding hydrogens is 613 g/mol. The van der Waals surface area contributed by atoms with Crippen LogP contribution in [0.2, 0.25) is 5.02 Å². The molecule has 0 spiro atoms. The standard InChI is InChI=1S/C35H37ClFN3O4S/c1-3-4-21-38-35(42)33(22-27-14-7-5-8-15-27)39(24-28-16-12-11-13-26(28)2)34(41)25-40(29-19-20-32(37)31(36)23-29)45(43,44)30-17-9-6-10-18-30/h5-20,23,33H,3-4,21-22,24-25H2,1-2H3,(H,38,42)/t33-/m1/s1.